The molecule has 0 saturated heterocycles. The highest BCUT2D eigenvalue weighted by Crippen LogP contribution is 2.17. The minimum Gasteiger partial charge on any atom is -0.481 e. The maximum absolute atomic E-state index is 13.1. The molecular formula is C10H11F2NO3. The zero-order chi connectivity index (χ0) is 12.1. The topological polar surface area (TPSA) is 38.8 Å². The lowest BCUT2D eigenvalue weighted by atomic mass is 10.3. The van der Waals surface area contributed by atoms with Crippen LogP contribution in [0.5, 0.6) is 5.75 Å². The van der Waals surface area contributed by atoms with Gasteiger partial charge in [0.2, 0.25) is 0 Å². The van der Waals surface area contributed by atoms with Gasteiger partial charge >= 0.3 is 0 Å². The molecule has 1 aromatic carbocycles. The molecule has 4 nitrogen and oxygen atoms in total. The first-order chi connectivity index (χ1) is 7.54. The van der Waals surface area contributed by atoms with Gasteiger partial charge in [-0.15, -0.1) is 0 Å². The van der Waals surface area contributed by atoms with Gasteiger partial charge < -0.3 is 4.74 Å². The summed E-state index contributed by atoms with van der Waals surface area (Å²) in [6, 6.07) is 2.84. The van der Waals surface area contributed by atoms with E-state index in [1.54, 1.807) is 0 Å². The van der Waals surface area contributed by atoms with E-state index in [4.69, 9.17) is 4.74 Å². The molecule has 0 unspecified atom stereocenters. The van der Waals surface area contributed by atoms with E-state index in [2.05, 4.69) is 4.84 Å². The quantitative estimate of drug-likeness (QED) is 0.734. The molecule has 0 N–H and O–H groups in total. The number of ether oxygens (including phenoxy) is 1. The van der Waals surface area contributed by atoms with Crippen LogP contribution in [0, 0.1) is 11.6 Å². The van der Waals surface area contributed by atoms with Crippen molar-refractivity contribution >= 4 is 5.91 Å². The fourth-order valence-electron chi connectivity index (χ4n) is 0.924. The fraction of sp³-hybridized carbons (Fsp3) is 0.300. The number of nitrogens with zero attached hydrogens (tertiary/aromatic N) is 1. The monoisotopic (exact) mass is 231 g/mol. The molecule has 0 atom stereocenters. The van der Waals surface area contributed by atoms with Gasteiger partial charge in [0.15, 0.2) is 18.2 Å². The van der Waals surface area contributed by atoms with Gasteiger partial charge in [0.25, 0.3) is 5.91 Å². The van der Waals surface area contributed by atoms with E-state index in [1.807, 2.05) is 0 Å². The predicted octanol–water partition coefficient (Wildman–Crippen LogP) is 1.36. The molecular weight excluding hydrogens is 220 g/mol. The molecule has 0 bridgehead atoms. The molecule has 0 aliphatic heterocycles. The predicted molar refractivity (Wildman–Crippen MR) is 51.6 cm³/mol. The van der Waals surface area contributed by atoms with Crippen LogP contribution in [0.1, 0.15) is 0 Å². The summed E-state index contributed by atoms with van der Waals surface area (Å²) >= 11 is 0. The zero-order valence-electron chi connectivity index (χ0n) is 8.87. The number of carbonyl (C=O) groups excluding carboxylic acids is 1. The van der Waals surface area contributed by atoms with Gasteiger partial charge in [-0.3, -0.25) is 9.63 Å². The van der Waals surface area contributed by atoms with Crippen molar-refractivity contribution in [3.63, 3.8) is 0 Å². The van der Waals surface area contributed by atoms with Crippen molar-refractivity contribution in [2.45, 2.75) is 0 Å². The molecule has 0 aromatic heterocycles. The second-order valence-corrected chi connectivity index (χ2v) is 2.94. The Morgan fingerprint density at radius 1 is 1.44 bits per heavy atom. The van der Waals surface area contributed by atoms with Gasteiger partial charge in [0, 0.05) is 13.1 Å². The normalized spacial score (nSPS) is 10.0. The lowest BCUT2D eigenvalue weighted by Crippen LogP contribution is -2.30. The molecule has 6 heteroatoms. The summed E-state index contributed by atoms with van der Waals surface area (Å²) in [6.45, 7) is -0.382. The maximum Gasteiger partial charge on any atom is 0.283 e. The van der Waals surface area contributed by atoms with E-state index in [-0.39, 0.29) is 12.4 Å². The summed E-state index contributed by atoms with van der Waals surface area (Å²) in [4.78, 5) is 15.8. The van der Waals surface area contributed by atoms with Crippen molar-refractivity contribution < 1.29 is 23.1 Å². The first-order valence-corrected chi connectivity index (χ1v) is 4.43. The van der Waals surface area contributed by atoms with Crippen LogP contribution in [0.25, 0.3) is 0 Å². The molecule has 1 amide bonds. The number of hydrogen-bond acceptors (Lipinski definition) is 3. The second kappa shape index (κ2) is 5.41. The number of halogens is 2. The number of benzene rings is 1. The summed E-state index contributed by atoms with van der Waals surface area (Å²) in [5, 5.41) is 0.946. The van der Waals surface area contributed by atoms with Crippen molar-refractivity contribution in [3.05, 3.63) is 29.8 Å². The van der Waals surface area contributed by atoms with Crippen LogP contribution in [-0.4, -0.2) is 31.7 Å². The summed E-state index contributed by atoms with van der Waals surface area (Å²) in [5.74, 6) is -2.22. The average molecular weight is 231 g/mol. The molecule has 1 rings (SSSR count). The van der Waals surface area contributed by atoms with Crippen molar-refractivity contribution in [2.75, 3.05) is 20.8 Å². The number of hydrogen-bond donors (Lipinski definition) is 0. The Morgan fingerprint density at radius 2 is 2.12 bits per heavy atom. The molecule has 0 radical (unpaired) electrons. The Hall–Kier alpha value is -1.69. The Kier molecular flexibility index (Phi) is 4.19. The Bertz CT molecular complexity index is 384. The Morgan fingerprint density at radius 3 is 2.69 bits per heavy atom. The molecule has 0 fully saturated rings. The number of likely N-dealkylation sites (N-methyl/N-ethyl adjacent to an activating group) is 1. The third-order valence-electron chi connectivity index (χ3n) is 1.87. The summed E-state index contributed by atoms with van der Waals surface area (Å²) < 4.78 is 30.5. The molecule has 0 spiro atoms. The standard InChI is InChI=1S/C10H11F2NO3/c1-13(15-2)10(14)6-16-9-4-3-7(11)5-8(9)12/h3-5H,6H2,1-2H3. The molecule has 16 heavy (non-hydrogen) atoms. The third kappa shape index (κ3) is 3.16. The van der Waals surface area contributed by atoms with E-state index >= 15 is 0 Å². The van der Waals surface area contributed by atoms with Crippen LogP contribution in [0.15, 0.2) is 18.2 Å². The molecule has 88 valence electrons. The maximum atomic E-state index is 13.1. The first kappa shape index (κ1) is 12.4. The van der Waals surface area contributed by atoms with Crippen LogP contribution in [0.4, 0.5) is 8.78 Å². The zero-order valence-corrected chi connectivity index (χ0v) is 8.87. The largest absolute Gasteiger partial charge is 0.481 e. The SMILES string of the molecule is CON(C)C(=O)COc1ccc(F)cc1F. The van der Waals surface area contributed by atoms with Crippen LogP contribution >= 0.6 is 0 Å². The summed E-state index contributed by atoms with van der Waals surface area (Å²) in [6.07, 6.45) is 0. The van der Waals surface area contributed by atoms with Crippen molar-refractivity contribution in [1.29, 1.82) is 0 Å². The van der Waals surface area contributed by atoms with E-state index < -0.39 is 17.5 Å². The first-order valence-electron chi connectivity index (χ1n) is 4.43. The summed E-state index contributed by atoms with van der Waals surface area (Å²) in [5.41, 5.74) is 0. The Labute approximate surface area is 91.3 Å². The van der Waals surface area contributed by atoms with Crippen LogP contribution in [0.3, 0.4) is 0 Å². The highest BCUT2D eigenvalue weighted by atomic mass is 19.1. The summed E-state index contributed by atoms with van der Waals surface area (Å²) in [7, 11) is 2.71. The van der Waals surface area contributed by atoms with Gasteiger partial charge in [-0.05, 0) is 12.1 Å². The molecule has 0 heterocycles. The average Bonchev–Trinajstić information content (AvgIpc) is 2.26. The number of carbonyl (C=O) groups is 1. The third-order valence-corrected chi connectivity index (χ3v) is 1.87. The minimum absolute atomic E-state index is 0.181. The van der Waals surface area contributed by atoms with Gasteiger partial charge in [0.1, 0.15) is 5.82 Å². The highest BCUT2D eigenvalue weighted by molar-refractivity contribution is 5.76. The molecule has 0 aliphatic carbocycles. The van der Waals surface area contributed by atoms with Crippen LogP contribution < -0.4 is 4.74 Å². The molecule has 0 saturated carbocycles. The van der Waals surface area contributed by atoms with Gasteiger partial charge in [-0.2, -0.15) is 0 Å². The number of hydroxylamine groups is 2. The number of amides is 1. The lowest BCUT2D eigenvalue weighted by Gasteiger charge is -2.14. The lowest BCUT2D eigenvalue weighted by molar-refractivity contribution is -0.170. The number of rotatable bonds is 4. The fourth-order valence-corrected chi connectivity index (χ4v) is 0.924. The van der Waals surface area contributed by atoms with Crippen LogP contribution in [0.2, 0.25) is 0 Å². The highest BCUT2D eigenvalue weighted by Gasteiger charge is 2.11. The van der Waals surface area contributed by atoms with Gasteiger partial charge in [0.05, 0.1) is 7.11 Å². The van der Waals surface area contributed by atoms with Crippen molar-refractivity contribution in [2.24, 2.45) is 0 Å². The van der Waals surface area contributed by atoms with Crippen LogP contribution in [-0.2, 0) is 9.63 Å². The van der Waals surface area contributed by atoms with E-state index in [0.717, 1.165) is 17.2 Å². The van der Waals surface area contributed by atoms with E-state index in [1.165, 1.54) is 14.2 Å². The van der Waals surface area contributed by atoms with Gasteiger partial charge in [-0.1, -0.05) is 0 Å². The van der Waals surface area contributed by atoms with E-state index in [0.29, 0.717) is 6.07 Å². The smallest absolute Gasteiger partial charge is 0.283 e. The molecule has 0 aliphatic rings. The van der Waals surface area contributed by atoms with Crippen molar-refractivity contribution in [3.8, 4) is 5.75 Å². The minimum atomic E-state index is -0.854. The Balaban J connectivity index is 2.58. The van der Waals surface area contributed by atoms with E-state index in [9.17, 15) is 13.6 Å². The van der Waals surface area contributed by atoms with Crippen molar-refractivity contribution in [1.82, 2.24) is 5.06 Å². The second-order valence-electron chi connectivity index (χ2n) is 2.94. The molecule has 1 aromatic rings. The van der Waals surface area contributed by atoms with Gasteiger partial charge in [-0.25, -0.2) is 13.8 Å².